The maximum Gasteiger partial charge on any atom is 0.261 e. The quantitative estimate of drug-likeness (QED) is 0.924. The van der Waals surface area contributed by atoms with E-state index in [1.165, 1.54) is 29.9 Å². The van der Waals surface area contributed by atoms with Crippen LogP contribution in [0.2, 0.25) is 0 Å². The van der Waals surface area contributed by atoms with Crippen LogP contribution in [0.3, 0.4) is 0 Å². The maximum atomic E-state index is 11.9. The third kappa shape index (κ3) is 3.22. The Kier molecular flexibility index (Phi) is 3.66. The smallest absolute Gasteiger partial charge is 0.261 e. The SMILES string of the molecule is O=C(NCc1ccc(C2CC2)nc1)c1cc(Br)cs1. The molecule has 1 amide bonds. The number of pyridine rings is 1. The van der Waals surface area contributed by atoms with E-state index in [9.17, 15) is 4.79 Å². The molecule has 2 heterocycles. The van der Waals surface area contributed by atoms with Gasteiger partial charge in [0.1, 0.15) is 0 Å². The largest absolute Gasteiger partial charge is 0.347 e. The molecule has 1 N–H and O–H groups in total. The van der Waals surface area contributed by atoms with Crippen LogP contribution in [0.15, 0.2) is 34.2 Å². The van der Waals surface area contributed by atoms with Gasteiger partial charge in [-0.3, -0.25) is 9.78 Å². The summed E-state index contributed by atoms with van der Waals surface area (Å²) in [5.41, 5.74) is 2.21. The second-order valence-electron chi connectivity index (χ2n) is 4.68. The number of carbonyl (C=O) groups is 1. The first kappa shape index (κ1) is 12.8. The van der Waals surface area contributed by atoms with E-state index in [1.54, 1.807) is 0 Å². The van der Waals surface area contributed by atoms with Crippen LogP contribution in [-0.4, -0.2) is 10.9 Å². The summed E-state index contributed by atoms with van der Waals surface area (Å²) in [4.78, 5) is 17.0. The Labute approximate surface area is 124 Å². The molecule has 0 aliphatic heterocycles. The summed E-state index contributed by atoms with van der Waals surface area (Å²) in [6.45, 7) is 0.520. The molecule has 5 heteroatoms. The van der Waals surface area contributed by atoms with E-state index in [0.717, 1.165) is 14.9 Å². The van der Waals surface area contributed by atoms with Crippen molar-refractivity contribution in [1.82, 2.24) is 10.3 Å². The molecule has 1 saturated carbocycles. The van der Waals surface area contributed by atoms with Crippen molar-refractivity contribution in [3.05, 3.63) is 50.4 Å². The van der Waals surface area contributed by atoms with Gasteiger partial charge < -0.3 is 5.32 Å². The molecule has 0 aromatic carbocycles. The highest BCUT2D eigenvalue weighted by Crippen LogP contribution is 2.38. The number of thiophene rings is 1. The van der Waals surface area contributed by atoms with Gasteiger partial charge in [0.05, 0.1) is 4.88 Å². The molecule has 1 aliphatic carbocycles. The molecular formula is C14H13BrN2OS. The third-order valence-electron chi connectivity index (χ3n) is 3.09. The summed E-state index contributed by atoms with van der Waals surface area (Å²) in [7, 11) is 0. The van der Waals surface area contributed by atoms with Gasteiger partial charge in [0.2, 0.25) is 0 Å². The number of nitrogens with one attached hydrogen (secondary N) is 1. The minimum Gasteiger partial charge on any atom is -0.347 e. The molecule has 2 aromatic rings. The van der Waals surface area contributed by atoms with Crippen molar-refractivity contribution < 1.29 is 4.79 Å². The minimum atomic E-state index is -0.0398. The van der Waals surface area contributed by atoms with Crippen molar-refractivity contribution in [1.29, 1.82) is 0 Å². The first-order valence-electron chi connectivity index (χ1n) is 6.19. The molecular weight excluding hydrogens is 324 g/mol. The molecule has 1 aliphatic rings. The van der Waals surface area contributed by atoms with Crippen LogP contribution in [-0.2, 0) is 6.54 Å². The van der Waals surface area contributed by atoms with Crippen LogP contribution in [0.4, 0.5) is 0 Å². The number of carbonyl (C=O) groups excluding carboxylic acids is 1. The molecule has 0 unspecified atom stereocenters. The van der Waals surface area contributed by atoms with Gasteiger partial charge in [-0.05, 0) is 46.5 Å². The Balaban J connectivity index is 1.57. The Morgan fingerprint density at radius 3 is 2.89 bits per heavy atom. The van der Waals surface area contributed by atoms with Gasteiger partial charge in [-0.25, -0.2) is 0 Å². The summed E-state index contributed by atoms with van der Waals surface area (Å²) < 4.78 is 0.943. The van der Waals surface area contributed by atoms with E-state index in [1.807, 2.05) is 23.7 Å². The molecule has 0 radical (unpaired) electrons. The van der Waals surface area contributed by atoms with Gasteiger partial charge in [-0.2, -0.15) is 0 Å². The van der Waals surface area contributed by atoms with Crippen molar-refractivity contribution in [3.8, 4) is 0 Å². The van der Waals surface area contributed by atoms with E-state index >= 15 is 0 Å². The zero-order valence-electron chi connectivity index (χ0n) is 10.2. The average molecular weight is 337 g/mol. The van der Waals surface area contributed by atoms with Crippen molar-refractivity contribution in [2.24, 2.45) is 0 Å². The first-order chi connectivity index (χ1) is 9.22. The van der Waals surface area contributed by atoms with Crippen molar-refractivity contribution in [3.63, 3.8) is 0 Å². The summed E-state index contributed by atoms with van der Waals surface area (Å²) in [6, 6.07) is 5.95. The summed E-state index contributed by atoms with van der Waals surface area (Å²) in [6.07, 6.45) is 4.38. The minimum absolute atomic E-state index is 0.0398. The van der Waals surface area contributed by atoms with Gasteiger partial charge in [0, 0.05) is 34.2 Å². The summed E-state index contributed by atoms with van der Waals surface area (Å²) >= 11 is 4.78. The monoisotopic (exact) mass is 336 g/mol. The van der Waals surface area contributed by atoms with Crippen molar-refractivity contribution in [2.45, 2.75) is 25.3 Å². The van der Waals surface area contributed by atoms with Gasteiger partial charge in [0.15, 0.2) is 0 Å². The Morgan fingerprint density at radius 1 is 1.47 bits per heavy atom. The predicted octanol–water partition coefficient (Wildman–Crippen LogP) is 3.71. The van der Waals surface area contributed by atoms with Crippen LogP contribution in [0.1, 0.15) is 39.7 Å². The Bertz CT molecular complexity index is 590. The molecule has 3 rings (SSSR count). The van der Waals surface area contributed by atoms with E-state index in [4.69, 9.17) is 0 Å². The topological polar surface area (TPSA) is 42.0 Å². The number of hydrogen-bond acceptors (Lipinski definition) is 3. The second-order valence-corrected chi connectivity index (χ2v) is 6.50. The van der Waals surface area contributed by atoms with E-state index in [0.29, 0.717) is 12.5 Å². The Morgan fingerprint density at radius 2 is 2.32 bits per heavy atom. The van der Waals surface area contributed by atoms with Crippen LogP contribution in [0, 0.1) is 0 Å². The molecule has 19 heavy (non-hydrogen) atoms. The molecule has 3 nitrogen and oxygen atoms in total. The number of halogens is 1. The van der Waals surface area contributed by atoms with Gasteiger partial charge in [-0.1, -0.05) is 6.07 Å². The number of nitrogens with zero attached hydrogens (tertiary/aromatic N) is 1. The van der Waals surface area contributed by atoms with Gasteiger partial charge >= 0.3 is 0 Å². The van der Waals surface area contributed by atoms with Crippen molar-refractivity contribution in [2.75, 3.05) is 0 Å². The van der Waals surface area contributed by atoms with Crippen LogP contribution < -0.4 is 5.32 Å². The molecule has 0 atom stereocenters. The summed E-state index contributed by atoms with van der Waals surface area (Å²) in [5, 5.41) is 4.81. The maximum absolute atomic E-state index is 11.9. The molecule has 2 aromatic heterocycles. The highest BCUT2D eigenvalue weighted by molar-refractivity contribution is 9.10. The molecule has 98 valence electrons. The van der Waals surface area contributed by atoms with Gasteiger partial charge in [0.25, 0.3) is 5.91 Å². The van der Waals surface area contributed by atoms with Crippen molar-refractivity contribution >= 4 is 33.2 Å². The third-order valence-corrected chi connectivity index (χ3v) is 4.78. The molecule has 0 saturated heterocycles. The predicted molar refractivity (Wildman–Crippen MR) is 79.4 cm³/mol. The lowest BCUT2D eigenvalue weighted by Crippen LogP contribution is -2.21. The fourth-order valence-corrected chi connectivity index (χ4v) is 3.21. The van der Waals surface area contributed by atoms with Crippen LogP contribution in [0.25, 0.3) is 0 Å². The highest BCUT2D eigenvalue weighted by atomic mass is 79.9. The molecule has 1 fully saturated rings. The first-order valence-corrected chi connectivity index (χ1v) is 7.87. The zero-order chi connectivity index (χ0) is 13.2. The fraction of sp³-hybridized carbons (Fsp3) is 0.286. The standard InChI is InChI=1S/C14H13BrN2OS/c15-11-5-13(19-8-11)14(18)17-7-9-1-4-12(16-6-9)10-2-3-10/h1,4-6,8,10H,2-3,7H2,(H,17,18). The lowest BCUT2D eigenvalue weighted by atomic mass is 10.2. The number of rotatable bonds is 4. The van der Waals surface area contributed by atoms with E-state index in [2.05, 4.69) is 32.3 Å². The number of aromatic nitrogens is 1. The van der Waals surface area contributed by atoms with Crippen LogP contribution >= 0.6 is 27.3 Å². The van der Waals surface area contributed by atoms with E-state index < -0.39 is 0 Å². The van der Waals surface area contributed by atoms with E-state index in [-0.39, 0.29) is 5.91 Å². The average Bonchev–Trinajstić information content (AvgIpc) is 3.19. The second kappa shape index (κ2) is 5.43. The Hall–Kier alpha value is -1.20. The van der Waals surface area contributed by atoms with Gasteiger partial charge in [-0.15, -0.1) is 11.3 Å². The molecule has 0 spiro atoms. The zero-order valence-corrected chi connectivity index (χ0v) is 12.6. The van der Waals surface area contributed by atoms with Crippen LogP contribution in [0.5, 0.6) is 0 Å². The highest BCUT2D eigenvalue weighted by Gasteiger charge is 2.24. The lowest BCUT2D eigenvalue weighted by Gasteiger charge is -2.04. The molecule has 0 bridgehead atoms. The normalized spacial score (nSPS) is 14.4. The summed E-state index contributed by atoms with van der Waals surface area (Å²) in [5.74, 6) is 0.633. The lowest BCUT2D eigenvalue weighted by molar-refractivity contribution is 0.0955. The fourth-order valence-electron chi connectivity index (χ4n) is 1.86. The number of amides is 1. The number of hydrogen-bond donors (Lipinski definition) is 1.